The second kappa shape index (κ2) is 7.94. The van der Waals surface area contributed by atoms with E-state index in [0.29, 0.717) is 10.6 Å². The molecular weight excluding hydrogens is 380 g/mol. The van der Waals surface area contributed by atoms with E-state index in [1.165, 1.54) is 12.1 Å². The van der Waals surface area contributed by atoms with Crippen LogP contribution >= 0.6 is 27.5 Å². The normalized spacial score (nSPS) is 10.6. The number of aryl methyl sites for hydroxylation is 1. The maximum atomic E-state index is 11.9. The Balaban J connectivity index is 1.92. The molecule has 0 atom stereocenters. The van der Waals surface area contributed by atoms with E-state index in [9.17, 15) is 9.59 Å². The fourth-order valence-electron chi connectivity index (χ4n) is 1.79. The van der Waals surface area contributed by atoms with Gasteiger partial charge in [-0.1, -0.05) is 45.7 Å². The number of halogens is 2. The summed E-state index contributed by atoms with van der Waals surface area (Å²) in [5.74, 6) is -0.876. The van der Waals surface area contributed by atoms with Gasteiger partial charge in [0.25, 0.3) is 11.8 Å². The van der Waals surface area contributed by atoms with Crippen LogP contribution in [0.25, 0.3) is 6.08 Å². The van der Waals surface area contributed by atoms with E-state index in [1.807, 2.05) is 25.1 Å². The molecule has 2 amide bonds. The van der Waals surface area contributed by atoms with E-state index in [4.69, 9.17) is 11.6 Å². The summed E-state index contributed by atoms with van der Waals surface area (Å²) >= 11 is 9.24. The molecule has 0 aliphatic heterocycles. The molecular formula is C17H14BrClN2O2. The largest absolute Gasteiger partial charge is 0.269 e. The lowest BCUT2D eigenvalue weighted by atomic mass is 10.1. The highest BCUT2D eigenvalue weighted by Gasteiger charge is 2.06. The topological polar surface area (TPSA) is 58.2 Å². The molecule has 0 unspecified atom stereocenters. The van der Waals surface area contributed by atoms with E-state index in [0.717, 1.165) is 15.6 Å². The molecule has 23 heavy (non-hydrogen) atoms. The van der Waals surface area contributed by atoms with Crippen molar-refractivity contribution in [3.05, 3.63) is 74.7 Å². The van der Waals surface area contributed by atoms with Crippen LogP contribution in [0.4, 0.5) is 0 Å². The van der Waals surface area contributed by atoms with Gasteiger partial charge in [-0.3, -0.25) is 20.4 Å². The van der Waals surface area contributed by atoms with Crippen LogP contribution in [0.1, 0.15) is 21.5 Å². The first-order chi connectivity index (χ1) is 11.0. The molecule has 0 saturated heterocycles. The molecule has 2 rings (SSSR count). The van der Waals surface area contributed by atoms with Gasteiger partial charge >= 0.3 is 0 Å². The maximum absolute atomic E-state index is 11.9. The van der Waals surface area contributed by atoms with Crippen molar-refractivity contribution in [1.29, 1.82) is 0 Å². The van der Waals surface area contributed by atoms with Crippen LogP contribution in [-0.2, 0) is 4.79 Å². The molecule has 0 aromatic heterocycles. The molecule has 6 heteroatoms. The van der Waals surface area contributed by atoms with E-state index in [2.05, 4.69) is 26.8 Å². The Morgan fingerprint density at radius 2 is 1.91 bits per heavy atom. The molecule has 0 aliphatic carbocycles. The predicted molar refractivity (Wildman–Crippen MR) is 95.0 cm³/mol. The maximum Gasteiger partial charge on any atom is 0.269 e. The molecule has 0 radical (unpaired) electrons. The molecule has 0 spiro atoms. The number of hydrazine groups is 1. The molecule has 0 saturated carbocycles. The molecule has 118 valence electrons. The smallest absolute Gasteiger partial charge is 0.268 e. The van der Waals surface area contributed by atoms with Gasteiger partial charge in [0.1, 0.15) is 0 Å². The molecule has 0 fully saturated rings. The summed E-state index contributed by atoms with van der Waals surface area (Å²) in [6.45, 7) is 1.98. The second-order valence-corrected chi connectivity index (χ2v) is 6.10. The predicted octanol–water partition coefficient (Wildman–Crippen LogP) is 3.89. The van der Waals surface area contributed by atoms with Crippen LogP contribution < -0.4 is 10.9 Å². The highest BCUT2D eigenvalue weighted by molar-refractivity contribution is 9.10. The van der Waals surface area contributed by atoms with E-state index in [1.54, 1.807) is 24.3 Å². The van der Waals surface area contributed by atoms with Crippen molar-refractivity contribution in [3.8, 4) is 0 Å². The molecule has 2 N–H and O–H groups in total. The van der Waals surface area contributed by atoms with Crippen molar-refractivity contribution in [2.24, 2.45) is 0 Å². The minimum Gasteiger partial charge on any atom is -0.268 e. The Kier molecular flexibility index (Phi) is 5.96. The first-order valence-electron chi connectivity index (χ1n) is 6.76. The van der Waals surface area contributed by atoms with Crippen LogP contribution in [-0.4, -0.2) is 11.8 Å². The van der Waals surface area contributed by atoms with Gasteiger partial charge in [0.15, 0.2) is 0 Å². The van der Waals surface area contributed by atoms with Gasteiger partial charge in [0, 0.05) is 21.1 Å². The number of amides is 2. The fourth-order valence-corrected chi connectivity index (χ4v) is 2.61. The third-order valence-electron chi connectivity index (χ3n) is 2.96. The summed E-state index contributed by atoms with van der Waals surface area (Å²) < 4.78 is 0.893. The number of carbonyl (C=O) groups excluding carboxylic acids is 2. The minimum absolute atomic E-state index is 0.364. The summed E-state index contributed by atoms with van der Waals surface area (Å²) in [5, 5.41) is 0.452. The third-order valence-corrected chi connectivity index (χ3v) is 3.88. The van der Waals surface area contributed by atoms with Gasteiger partial charge in [-0.05, 0) is 48.4 Å². The average molecular weight is 394 g/mol. The number of hydrogen-bond donors (Lipinski definition) is 2. The number of nitrogens with one attached hydrogen (secondary N) is 2. The van der Waals surface area contributed by atoms with Gasteiger partial charge in [-0.2, -0.15) is 0 Å². The summed E-state index contributed by atoms with van der Waals surface area (Å²) in [7, 11) is 0. The number of carbonyl (C=O) groups is 2. The number of rotatable bonds is 3. The van der Waals surface area contributed by atoms with Crippen molar-refractivity contribution >= 4 is 45.4 Å². The van der Waals surface area contributed by atoms with Crippen molar-refractivity contribution in [3.63, 3.8) is 0 Å². The van der Waals surface area contributed by atoms with Gasteiger partial charge < -0.3 is 0 Å². The Bertz CT molecular complexity index is 775. The van der Waals surface area contributed by atoms with E-state index >= 15 is 0 Å². The lowest BCUT2D eigenvalue weighted by molar-refractivity contribution is -0.117. The van der Waals surface area contributed by atoms with Gasteiger partial charge in [-0.15, -0.1) is 0 Å². The molecule has 0 bridgehead atoms. The Morgan fingerprint density at radius 1 is 1.13 bits per heavy atom. The van der Waals surface area contributed by atoms with Crippen molar-refractivity contribution < 1.29 is 9.59 Å². The molecule has 0 aliphatic rings. The highest BCUT2D eigenvalue weighted by atomic mass is 79.9. The summed E-state index contributed by atoms with van der Waals surface area (Å²) in [6.07, 6.45) is 3.00. The average Bonchev–Trinajstić information content (AvgIpc) is 2.51. The fraction of sp³-hybridized carbons (Fsp3) is 0.0588. The quantitative estimate of drug-likeness (QED) is 0.614. The molecule has 0 heterocycles. The van der Waals surface area contributed by atoms with Crippen molar-refractivity contribution in [2.45, 2.75) is 6.92 Å². The standard InChI is InChI=1S/C17H14BrClN2O2/c1-11-5-6-12(15(18)9-11)7-8-16(22)20-21-17(23)13-3-2-4-14(19)10-13/h2-10H,1H3,(H,20,22)(H,21,23)/b8-7+. The summed E-state index contributed by atoms with van der Waals surface area (Å²) in [6, 6.07) is 12.2. The highest BCUT2D eigenvalue weighted by Crippen LogP contribution is 2.19. The summed E-state index contributed by atoms with van der Waals surface area (Å²) in [4.78, 5) is 23.6. The van der Waals surface area contributed by atoms with Crippen LogP contribution in [0, 0.1) is 6.92 Å². The van der Waals surface area contributed by atoms with E-state index < -0.39 is 11.8 Å². The van der Waals surface area contributed by atoms with Crippen molar-refractivity contribution in [1.82, 2.24) is 10.9 Å². The zero-order valence-corrected chi connectivity index (χ0v) is 14.6. The van der Waals surface area contributed by atoms with Gasteiger partial charge in [0.2, 0.25) is 0 Å². The Morgan fingerprint density at radius 3 is 2.61 bits per heavy atom. The Labute approximate surface area is 147 Å². The van der Waals surface area contributed by atoms with E-state index in [-0.39, 0.29) is 0 Å². The first kappa shape index (κ1) is 17.2. The molecule has 2 aromatic rings. The lowest BCUT2D eigenvalue weighted by Gasteiger charge is -2.05. The third kappa shape index (κ3) is 5.23. The first-order valence-corrected chi connectivity index (χ1v) is 7.93. The van der Waals surface area contributed by atoms with Crippen LogP contribution in [0.3, 0.4) is 0 Å². The van der Waals surface area contributed by atoms with Crippen LogP contribution in [0.5, 0.6) is 0 Å². The zero-order chi connectivity index (χ0) is 16.8. The van der Waals surface area contributed by atoms with Crippen molar-refractivity contribution in [2.75, 3.05) is 0 Å². The lowest BCUT2D eigenvalue weighted by Crippen LogP contribution is -2.40. The summed E-state index contributed by atoms with van der Waals surface area (Å²) in [5.41, 5.74) is 6.99. The zero-order valence-electron chi connectivity index (χ0n) is 12.3. The van der Waals surface area contributed by atoms with Crippen LogP contribution in [0.15, 0.2) is 53.0 Å². The van der Waals surface area contributed by atoms with Crippen LogP contribution in [0.2, 0.25) is 5.02 Å². The molecule has 4 nitrogen and oxygen atoms in total. The SMILES string of the molecule is Cc1ccc(/C=C/C(=O)NNC(=O)c2cccc(Cl)c2)c(Br)c1. The van der Waals surface area contributed by atoms with Gasteiger partial charge in [-0.25, -0.2) is 0 Å². The second-order valence-electron chi connectivity index (χ2n) is 4.81. The monoisotopic (exact) mass is 392 g/mol. The molecule has 2 aromatic carbocycles. The number of hydrogen-bond acceptors (Lipinski definition) is 2. The Hall–Kier alpha value is -2.11. The minimum atomic E-state index is -0.439. The van der Waals surface area contributed by atoms with Gasteiger partial charge in [0.05, 0.1) is 0 Å². The number of benzene rings is 2.